The molecule has 0 atom stereocenters. The van der Waals surface area contributed by atoms with Crippen molar-refractivity contribution in [1.82, 2.24) is 0 Å². The van der Waals surface area contributed by atoms with Gasteiger partial charge in [0, 0.05) is 6.07 Å². The van der Waals surface area contributed by atoms with Gasteiger partial charge >= 0.3 is 6.18 Å². The quantitative estimate of drug-likeness (QED) is 0.308. The van der Waals surface area contributed by atoms with Crippen LogP contribution in [-0.4, -0.2) is 10.0 Å². The van der Waals surface area contributed by atoms with Crippen LogP contribution in [0.25, 0.3) is 0 Å². The van der Waals surface area contributed by atoms with E-state index in [1.807, 2.05) is 13.8 Å². The minimum absolute atomic E-state index is 0.0455. The van der Waals surface area contributed by atoms with Crippen LogP contribution in [-0.2, 0) is 11.6 Å². The van der Waals surface area contributed by atoms with Crippen LogP contribution in [0.3, 0.4) is 0 Å². The lowest BCUT2D eigenvalue weighted by atomic mass is 9.72. The Morgan fingerprint density at radius 1 is 0.933 bits per heavy atom. The molecule has 0 heterocycles. The molecule has 2 aromatic rings. The van der Waals surface area contributed by atoms with Crippen molar-refractivity contribution in [2.75, 3.05) is 0 Å². The van der Waals surface area contributed by atoms with Gasteiger partial charge in [0.25, 0.3) is 5.69 Å². The molecule has 0 unspecified atom stereocenters. The van der Waals surface area contributed by atoms with E-state index in [4.69, 9.17) is 0 Å². The molecule has 6 nitrogen and oxygen atoms in total. The standard InChI is InChI=1S/C21H24F3N3O3/c1-19(2,3)12-20(4,5)13-7-9-18(28)16(10-13)26-25-15-8-6-14(21(22,23)24)11-17(15)27(29)30/h6-11,28H,12H2,1-5H3. The summed E-state index contributed by atoms with van der Waals surface area (Å²) in [5.41, 5.74) is -1.57. The minimum atomic E-state index is -4.72. The second-order valence-electron chi connectivity index (χ2n) is 8.98. The van der Waals surface area contributed by atoms with Gasteiger partial charge in [0.15, 0.2) is 5.69 Å². The number of rotatable bonds is 5. The van der Waals surface area contributed by atoms with Crippen molar-refractivity contribution in [2.24, 2.45) is 15.6 Å². The number of nitrogens with zero attached hydrogens (tertiary/aromatic N) is 3. The van der Waals surface area contributed by atoms with Crippen LogP contribution in [0.4, 0.5) is 30.2 Å². The third-order valence-corrected chi connectivity index (χ3v) is 4.49. The van der Waals surface area contributed by atoms with E-state index in [1.165, 1.54) is 6.07 Å². The highest BCUT2D eigenvalue weighted by Gasteiger charge is 2.33. The van der Waals surface area contributed by atoms with Gasteiger partial charge in [-0.15, -0.1) is 10.2 Å². The number of phenolic OH excluding ortho intramolecular Hbond substituents is 1. The monoisotopic (exact) mass is 423 g/mol. The Morgan fingerprint density at radius 2 is 1.50 bits per heavy atom. The Bertz CT molecular complexity index is 978. The number of halogens is 3. The molecule has 30 heavy (non-hydrogen) atoms. The lowest BCUT2D eigenvalue weighted by Gasteiger charge is -2.33. The fraction of sp³-hybridized carbons (Fsp3) is 0.429. The number of hydrogen-bond acceptors (Lipinski definition) is 5. The lowest BCUT2D eigenvalue weighted by molar-refractivity contribution is -0.384. The number of nitro benzene ring substituents is 1. The summed E-state index contributed by atoms with van der Waals surface area (Å²) < 4.78 is 38.5. The molecule has 2 aromatic carbocycles. The topological polar surface area (TPSA) is 88.1 Å². The molecule has 162 valence electrons. The summed E-state index contributed by atoms with van der Waals surface area (Å²) >= 11 is 0. The van der Waals surface area contributed by atoms with Crippen molar-refractivity contribution >= 4 is 17.1 Å². The summed E-state index contributed by atoms with van der Waals surface area (Å²) in [6, 6.07) is 6.84. The van der Waals surface area contributed by atoms with Crippen LogP contribution >= 0.6 is 0 Å². The largest absolute Gasteiger partial charge is 0.506 e. The van der Waals surface area contributed by atoms with Crippen molar-refractivity contribution in [3.8, 4) is 5.75 Å². The van der Waals surface area contributed by atoms with Crippen LogP contribution in [0.2, 0.25) is 0 Å². The highest BCUT2D eigenvalue weighted by atomic mass is 19.4. The number of alkyl halides is 3. The summed E-state index contributed by atoms with van der Waals surface area (Å²) in [6.07, 6.45) is -3.88. The van der Waals surface area contributed by atoms with Crippen LogP contribution in [0, 0.1) is 15.5 Å². The maximum atomic E-state index is 12.8. The Labute approximate surface area is 172 Å². The summed E-state index contributed by atoms with van der Waals surface area (Å²) in [5, 5.41) is 28.9. The molecule has 0 aliphatic heterocycles. The van der Waals surface area contributed by atoms with Gasteiger partial charge in [-0.25, -0.2) is 0 Å². The average molecular weight is 423 g/mol. The van der Waals surface area contributed by atoms with E-state index in [1.54, 1.807) is 12.1 Å². The second-order valence-corrected chi connectivity index (χ2v) is 8.98. The second kappa shape index (κ2) is 8.04. The third kappa shape index (κ3) is 5.77. The highest BCUT2D eigenvalue weighted by Crippen LogP contribution is 2.41. The van der Waals surface area contributed by atoms with Crippen molar-refractivity contribution in [3.63, 3.8) is 0 Å². The Hall–Kier alpha value is -2.97. The summed E-state index contributed by atoms with van der Waals surface area (Å²) in [5.74, 6) is -0.191. The van der Waals surface area contributed by atoms with Crippen molar-refractivity contribution in [3.05, 3.63) is 57.6 Å². The van der Waals surface area contributed by atoms with Gasteiger partial charge in [0.2, 0.25) is 0 Å². The van der Waals surface area contributed by atoms with Crippen molar-refractivity contribution in [1.29, 1.82) is 0 Å². The zero-order valence-electron chi connectivity index (χ0n) is 17.4. The molecule has 0 aliphatic rings. The van der Waals surface area contributed by atoms with Crippen LogP contribution < -0.4 is 0 Å². The van der Waals surface area contributed by atoms with Gasteiger partial charge in [-0.1, -0.05) is 40.7 Å². The summed E-state index contributed by atoms with van der Waals surface area (Å²) in [4.78, 5) is 10.2. The number of phenols is 1. The molecule has 2 rings (SSSR count). The van der Waals surface area contributed by atoms with E-state index in [2.05, 4.69) is 31.0 Å². The lowest BCUT2D eigenvalue weighted by Crippen LogP contribution is -2.24. The number of hydrogen-bond donors (Lipinski definition) is 1. The Kier molecular flexibility index (Phi) is 6.25. The highest BCUT2D eigenvalue weighted by molar-refractivity contribution is 5.60. The molecule has 1 N–H and O–H groups in total. The Balaban J connectivity index is 2.44. The zero-order valence-corrected chi connectivity index (χ0v) is 17.4. The SMILES string of the molecule is CC(C)(C)CC(C)(C)c1ccc(O)c(N=Nc2ccc(C(F)(F)F)cc2[N+](=O)[O-])c1. The third-order valence-electron chi connectivity index (χ3n) is 4.49. The summed E-state index contributed by atoms with van der Waals surface area (Å²) in [7, 11) is 0. The first-order chi connectivity index (χ1) is 13.6. The van der Waals surface area contributed by atoms with E-state index in [9.17, 15) is 28.4 Å². The van der Waals surface area contributed by atoms with Crippen LogP contribution in [0.5, 0.6) is 5.75 Å². The molecule has 0 aromatic heterocycles. The van der Waals surface area contributed by atoms with Gasteiger partial charge in [-0.2, -0.15) is 13.2 Å². The summed E-state index contributed by atoms with van der Waals surface area (Å²) in [6.45, 7) is 10.4. The fourth-order valence-corrected chi connectivity index (χ4v) is 3.49. The van der Waals surface area contributed by atoms with E-state index >= 15 is 0 Å². The molecule has 0 radical (unpaired) electrons. The minimum Gasteiger partial charge on any atom is -0.506 e. The molecule has 0 saturated heterocycles. The molecule has 0 bridgehead atoms. The first-order valence-corrected chi connectivity index (χ1v) is 9.21. The first kappa shape index (κ1) is 23.3. The van der Waals surface area contributed by atoms with Crippen molar-refractivity contribution < 1.29 is 23.2 Å². The van der Waals surface area contributed by atoms with Crippen molar-refractivity contribution in [2.45, 2.75) is 52.6 Å². The Morgan fingerprint density at radius 3 is 2.03 bits per heavy atom. The molecular formula is C21H24F3N3O3. The van der Waals surface area contributed by atoms with E-state index in [0.717, 1.165) is 18.1 Å². The number of nitro groups is 1. The van der Waals surface area contributed by atoms with Gasteiger partial charge in [0.1, 0.15) is 11.4 Å². The fourth-order valence-electron chi connectivity index (χ4n) is 3.49. The molecule has 0 fully saturated rings. The van der Waals surface area contributed by atoms with Gasteiger partial charge in [-0.05, 0) is 47.1 Å². The predicted octanol–water partition coefficient (Wildman–Crippen LogP) is 7.45. The predicted molar refractivity (Wildman–Crippen MR) is 107 cm³/mol. The molecule has 0 aliphatic carbocycles. The maximum Gasteiger partial charge on any atom is 0.416 e. The molecular weight excluding hydrogens is 399 g/mol. The first-order valence-electron chi connectivity index (χ1n) is 9.21. The normalized spacial score (nSPS) is 13.1. The van der Waals surface area contributed by atoms with E-state index in [0.29, 0.717) is 12.1 Å². The van der Waals surface area contributed by atoms with Crippen LogP contribution in [0.1, 0.15) is 52.2 Å². The number of benzene rings is 2. The average Bonchev–Trinajstić information content (AvgIpc) is 2.57. The van der Waals surface area contributed by atoms with Crippen LogP contribution in [0.15, 0.2) is 46.6 Å². The van der Waals surface area contributed by atoms with Gasteiger partial charge < -0.3 is 5.11 Å². The zero-order chi connectivity index (χ0) is 22.9. The number of aromatic hydroxyl groups is 1. The van der Waals surface area contributed by atoms with E-state index in [-0.39, 0.29) is 28.0 Å². The maximum absolute atomic E-state index is 12.8. The van der Waals surface area contributed by atoms with E-state index < -0.39 is 22.4 Å². The molecule has 0 spiro atoms. The smallest absolute Gasteiger partial charge is 0.416 e. The van der Waals surface area contributed by atoms with Gasteiger partial charge in [0.05, 0.1) is 10.5 Å². The molecule has 9 heteroatoms. The number of azo groups is 1. The molecule has 0 amide bonds. The van der Waals surface area contributed by atoms with Gasteiger partial charge in [-0.3, -0.25) is 10.1 Å². The molecule has 0 saturated carbocycles.